The van der Waals surface area contributed by atoms with Crippen LogP contribution >= 0.6 is 0 Å². The molecule has 76 valence electrons. The number of nitrogens with zero attached hydrogens (tertiary/aromatic N) is 1. The van der Waals surface area contributed by atoms with E-state index in [9.17, 15) is 13.6 Å². The third-order valence-corrected chi connectivity index (χ3v) is 1.93. The van der Waals surface area contributed by atoms with Crippen molar-refractivity contribution in [2.75, 3.05) is 19.6 Å². The largest absolute Gasteiger partial charge is 0.414 e. The summed E-state index contributed by atoms with van der Waals surface area (Å²) >= 11 is 0. The summed E-state index contributed by atoms with van der Waals surface area (Å²) in [4.78, 5) is 12.3. The van der Waals surface area contributed by atoms with Crippen molar-refractivity contribution in [1.29, 1.82) is 0 Å². The van der Waals surface area contributed by atoms with Crippen LogP contribution in [0.3, 0.4) is 0 Å². The molecule has 0 aliphatic carbocycles. The molecule has 1 saturated heterocycles. The molecule has 1 atom stereocenters. The van der Waals surface area contributed by atoms with Crippen LogP contribution in [0.15, 0.2) is 0 Å². The van der Waals surface area contributed by atoms with Crippen LogP contribution in [-0.2, 0) is 4.74 Å². The number of carbonyl (C=O) groups excluding carboxylic acids is 1. The first-order valence-electron chi connectivity index (χ1n) is 4.07. The van der Waals surface area contributed by atoms with Gasteiger partial charge in [-0.3, -0.25) is 0 Å². The molecule has 4 nitrogen and oxygen atoms in total. The first kappa shape index (κ1) is 10.2. The number of rotatable bonds is 1. The van der Waals surface area contributed by atoms with Crippen LogP contribution in [0.25, 0.3) is 0 Å². The summed E-state index contributed by atoms with van der Waals surface area (Å²) in [5, 5.41) is 3.04. The molecule has 1 N–H and O–H groups in total. The number of alkyl halides is 2. The fourth-order valence-corrected chi connectivity index (χ4v) is 1.26. The Balaban J connectivity index is 2.44. The molecule has 13 heavy (non-hydrogen) atoms. The highest BCUT2D eigenvalue weighted by atomic mass is 19.3. The van der Waals surface area contributed by atoms with E-state index in [0.717, 1.165) is 0 Å². The summed E-state index contributed by atoms with van der Waals surface area (Å²) in [6.45, 7) is 0.377. The minimum Gasteiger partial charge on any atom is -0.386 e. The first-order chi connectivity index (χ1) is 6.11. The summed E-state index contributed by atoms with van der Waals surface area (Å²) in [6.07, 6.45) is -0.941. The van der Waals surface area contributed by atoms with Crippen molar-refractivity contribution in [3.8, 4) is 0 Å². The van der Waals surface area contributed by atoms with Crippen molar-refractivity contribution in [3.63, 3.8) is 0 Å². The van der Waals surface area contributed by atoms with E-state index >= 15 is 0 Å². The summed E-state index contributed by atoms with van der Waals surface area (Å²) in [5.74, 6) is 0. The molecule has 1 aliphatic rings. The predicted octanol–water partition coefficient (Wildman–Crippen LogP) is 0.639. The summed E-state index contributed by atoms with van der Waals surface area (Å²) in [7, 11) is 0. The van der Waals surface area contributed by atoms with E-state index in [-0.39, 0.29) is 6.04 Å². The number of hydrogen-bond acceptors (Lipinski definition) is 3. The lowest BCUT2D eigenvalue weighted by Crippen LogP contribution is -2.52. The Morgan fingerprint density at radius 3 is 2.92 bits per heavy atom. The van der Waals surface area contributed by atoms with E-state index < -0.39 is 12.7 Å². The number of halogens is 2. The van der Waals surface area contributed by atoms with Crippen LogP contribution in [-0.4, -0.2) is 43.3 Å². The van der Waals surface area contributed by atoms with E-state index in [2.05, 4.69) is 10.1 Å². The molecule has 1 amide bonds. The average Bonchev–Trinajstić information content (AvgIpc) is 2.03. The van der Waals surface area contributed by atoms with Crippen LogP contribution in [0.2, 0.25) is 0 Å². The fourth-order valence-electron chi connectivity index (χ4n) is 1.26. The van der Waals surface area contributed by atoms with Crippen molar-refractivity contribution < 1.29 is 18.3 Å². The SMILES string of the molecule is CC1CNCCN1C(=O)OC(F)F. The monoisotopic (exact) mass is 194 g/mol. The second kappa shape index (κ2) is 4.36. The third-order valence-electron chi connectivity index (χ3n) is 1.93. The second-order valence-electron chi connectivity index (χ2n) is 2.89. The number of hydrogen-bond donors (Lipinski definition) is 1. The predicted molar refractivity (Wildman–Crippen MR) is 41.5 cm³/mol. The maximum Gasteiger partial charge on any atom is 0.414 e. The minimum atomic E-state index is -3.03. The summed E-state index contributed by atoms with van der Waals surface area (Å²) in [5.41, 5.74) is 0. The average molecular weight is 194 g/mol. The molecule has 1 unspecified atom stereocenters. The van der Waals surface area contributed by atoms with E-state index in [1.54, 1.807) is 6.92 Å². The molecule has 6 heteroatoms. The number of piperazine rings is 1. The van der Waals surface area contributed by atoms with Crippen molar-refractivity contribution in [1.82, 2.24) is 10.2 Å². The van der Waals surface area contributed by atoms with Gasteiger partial charge in [0.2, 0.25) is 0 Å². The first-order valence-corrected chi connectivity index (χ1v) is 4.07. The van der Waals surface area contributed by atoms with Crippen LogP contribution in [0.4, 0.5) is 13.6 Å². The van der Waals surface area contributed by atoms with Gasteiger partial charge in [-0.2, -0.15) is 8.78 Å². The maximum atomic E-state index is 11.7. The van der Waals surface area contributed by atoms with Gasteiger partial charge >= 0.3 is 12.7 Å². The quantitative estimate of drug-likeness (QED) is 0.666. The van der Waals surface area contributed by atoms with Gasteiger partial charge in [-0.1, -0.05) is 0 Å². The normalized spacial score (nSPS) is 23.4. The Morgan fingerprint density at radius 1 is 1.69 bits per heavy atom. The molecule has 1 heterocycles. The van der Waals surface area contributed by atoms with E-state index in [4.69, 9.17) is 0 Å². The number of nitrogens with one attached hydrogen (secondary N) is 1. The van der Waals surface area contributed by atoms with E-state index in [1.165, 1.54) is 4.90 Å². The molecule has 0 spiro atoms. The molecule has 0 saturated carbocycles. The third kappa shape index (κ3) is 2.80. The molecule has 1 aliphatic heterocycles. The van der Waals surface area contributed by atoms with Crippen LogP contribution in [0.1, 0.15) is 6.92 Å². The van der Waals surface area contributed by atoms with Gasteiger partial charge in [0.25, 0.3) is 0 Å². The number of amides is 1. The highest BCUT2D eigenvalue weighted by Gasteiger charge is 2.25. The summed E-state index contributed by atoms with van der Waals surface area (Å²) in [6, 6.07) is -0.0972. The standard InChI is InChI=1S/C7H12F2N2O2/c1-5-4-10-2-3-11(5)7(12)13-6(8)9/h5-6,10H,2-4H2,1H3. The Labute approximate surface area is 74.8 Å². The van der Waals surface area contributed by atoms with Crippen LogP contribution in [0.5, 0.6) is 0 Å². The van der Waals surface area contributed by atoms with Gasteiger partial charge in [0.15, 0.2) is 0 Å². The molecule has 1 fully saturated rings. The van der Waals surface area contributed by atoms with Gasteiger partial charge in [0.05, 0.1) is 0 Å². The fraction of sp³-hybridized carbons (Fsp3) is 0.857. The smallest absolute Gasteiger partial charge is 0.386 e. The Bertz CT molecular complexity index is 189. The van der Waals surface area contributed by atoms with Crippen LogP contribution < -0.4 is 5.32 Å². The number of ether oxygens (including phenoxy) is 1. The Morgan fingerprint density at radius 2 is 2.38 bits per heavy atom. The zero-order valence-corrected chi connectivity index (χ0v) is 7.30. The van der Waals surface area contributed by atoms with Gasteiger partial charge in [0, 0.05) is 25.7 Å². The van der Waals surface area contributed by atoms with Gasteiger partial charge in [-0.05, 0) is 6.92 Å². The van der Waals surface area contributed by atoms with Crippen LogP contribution in [0, 0.1) is 0 Å². The lowest BCUT2D eigenvalue weighted by molar-refractivity contribution is -0.0952. The van der Waals surface area contributed by atoms with Gasteiger partial charge in [-0.15, -0.1) is 0 Å². The maximum absolute atomic E-state index is 11.7. The molecule has 0 aromatic rings. The molecule has 0 bridgehead atoms. The molecule has 0 radical (unpaired) electrons. The zero-order chi connectivity index (χ0) is 9.84. The van der Waals surface area contributed by atoms with Gasteiger partial charge in [0.1, 0.15) is 0 Å². The van der Waals surface area contributed by atoms with Crippen molar-refractivity contribution in [2.24, 2.45) is 0 Å². The molecule has 0 aromatic carbocycles. The lowest BCUT2D eigenvalue weighted by atomic mass is 10.2. The van der Waals surface area contributed by atoms with E-state index in [1.807, 2.05) is 0 Å². The molecular formula is C7H12F2N2O2. The van der Waals surface area contributed by atoms with Crippen molar-refractivity contribution in [3.05, 3.63) is 0 Å². The van der Waals surface area contributed by atoms with Crippen molar-refractivity contribution >= 4 is 6.09 Å². The highest BCUT2D eigenvalue weighted by molar-refractivity contribution is 5.68. The van der Waals surface area contributed by atoms with Gasteiger partial charge < -0.3 is 15.0 Å². The minimum absolute atomic E-state index is 0.0972. The second-order valence-corrected chi connectivity index (χ2v) is 2.89. The Kier molecular flexibility index (Phi) is 3.41. The highest BCUT2D eigenvalue weighted by Crippen LogP contribution is 2.07. The van der Waals surface area contributed by atoms with E-state index in [0.29, 0.717) is 19.6 Å². The van der Waals surface area contributed by atoms with Gasteiger partial charge in [-0.25, -0.2) is 4.79 Å². The molecule has 1 rings (SSSR count). The summed E-state index contributed by atoms with van der Waals surface area (Å²) < 4.78 is 27.1. The topological polar surface area (TPSA) is 41.6 Å². The zero-order valence-electron chi connectivity index (χ0n) is 7.30. The molecular weight excluding hydrogens is 182 g/mol. The lowest BCUT2D eigenvalue weighted by Gasteiger charge is -2.32. The number of carbonyl (C=O) groups is 1. The van der Waals surface area contributed by atoms with Crippen molar-refractivity contribution in [2.45, 2.75) is 19.6 Å². The molecule has 0 aromatic heterocycles. The Hall–Kier alpha value is -0.910.